The zero-order valence-electron chi connectivity index (χ0n) is 15.0. The Labute approximate surface area is 150 Å². The van der Waals surface area contributed by atoms with Crippen molar-refractivity contribution in [1.29, 1.82) is 0 Å². The summed E-state index contributed by atoms with van der Waals surface area (Å²) in [6.07, 6.45) is 2.90. The number of carbonyl (C=O) groups is 1. The van der Waals surface area contributed by atoms with Crippen LogP contribution < -0.4 is 10.6 Å². The SMILES string of the molecule is Cc1cc(C)n(-c2cc(NCCNC(=O)Cn3cncn3)nc(C)n2)n1. The number of nitrogens with zero attached hydrogens (tertiary/aromatic N) is 7. The standard InChI is InChI=1S/C16H21N9O/c1-11-6-12(2)25(23-11)15-7-14(21-13(3)22-15)18-4-5-19-16(26)8-24-10-17-9-20-24/h6-7,9-10H,4-5,8H2,1-3H3,(H,19,26)(H,18,21,22). The van der Waals surface area contributed by atoms with Gasteiger partial charge in [0.05, 0.1) is 5.69 Å². The van der Waals surface area contributed by atoms with Gasteiger partial charge in [-0.1, -0.05) is 0 Å². The highest BCUT2D eigenvalue weighted by atomic mass is 16.2. The first-order valence-electron chi connectivity index (χ1n) is 8.23. The van der Waals surface area contributed by atoms with Crippen LogP contribution in [0.4, 0.5) is 5.82 Å². The van der Waals surface area contributed by atoms with E-state index in [1.54, 1.807) is 4.68 Å². The van der Waals surface area contributed by atoms with E-state index in [0.717, 1.165) is 11.4 Å². The lowest BCUT2D eigenvalue weighted by atomic mass is 10.4. The molecule has 10 nitrogen and oxygen atoms in total. The van der Waals surface area contributed by atoms with Crippen molar-refractivity contribution in [1.82, 2.24) is 39.8 Å². The molecule has 10 heteroatoms. The molecule has 0 unspecified atom stereocenters. The Hall–Kier alpha value is -3.30. The summed E-state index contributed by atoms with van der Waals surface area (Å²) < 4.78 is 3.26. The number of amides is 1. The highest BCUT2D eigenvalue weighted by Crippen LogP contribution is 2.13. The summed E-state index contributed by atoms with van der Waals surface area (Å²) in [7, 11) is 0. The Kier molecular flexibility index (Phi) is 5.20. The maximum atomic E-state index is 11.8. The molecule has 2 N–H and O–H groups in total. The minimum absolute atomic E-state index is 0.125. The molecule has 3 rings (SSSR count). The van der Waals surface area contributed by atoms with Crippen molar-refractivity contribution in [2.24, 2.45) is 0 Å². The first-order valence-corrected chi connectivity index (χ1v) is 8.23. The van der Waals surface area contributed by atoms with Gasteiger partial charge in [-0.2, -0.15) is 10.2 Å². The Morgan fingerprint density at radius 3 is 2.69 bits per heavy atom. The number of nitrogens with one attached hydrogen (secondary N) is 2. The van der Waals surface area contributed by atoms with Crippen LogP contribution in [0.3, 0.4) is 0 Å². The molecule has 136 valence electrons. The van der Waals surface area contributed by atoms with Gasteiger partial charge in [0.15, 0.2) is 5.82 Å². The molecule has 3 aromatic rings. The van der Waals surface area contributed by atoms with Gasteiger partial charge < -0.3 is 10.6 Å². The van der Waals surface area contributed by atoms with Crippen molar-refractivity contribution < 1.29 is 4.79 Å². The third-order valence-electron chi connectivity index (χ3n) is 3.58. The maximum Gasteiger partial charge on any atom is 0.241 e. The number of anilines is 1. The highest BCUT2D eigenvalue weighted by molar-refractivity contribution is 5.75. The van der Waals surface area contributed by atoms with Crippen LogP contribution >= 0.6 is 0 Å². The van der Waals surface area contributed by atoms with Crippen molar-refractivity contribution in [3.05, 3.63) is 42.0 Å². The number of aryl methyl sites for hydroxylation is 3. The topological polar surface area (TPSA) is 115 Å². The highest BCUT2D eigenvalue weighted by Gasteiger charge is 2.08. The molecular formula is C16H21N9O. The molecule has 3 aromatic heterocycles. The molecule has 1 amide bonds. The molecule has 26 heavy (non-hydrogen) atoms. The quantitative estimate of drug-likeness (QED) is 0.590. The zero-order chi connectivity index (χ0) is 18.5. The molecule has 0 aliphatic carbocycles. The Morgan fingerprint density at radius 2 is 2.00 bits per heavy atom. The van der Waals surface area contributed by atoms with Gasteiger partial charge in [-0.25, -0.2) is 24.3 Å². The number of rotatable bonds is 7. The summed E-state index contributed by atoms with van der Waals surface area (Å²) >= 11 is 0. The van der Waals surface area contributed by atoms with Crippen LogP contribution in [-0.4, -0.2) is 53.5 Å². The van der Waals surface area contributed by atoms with E-state index in [9.17, 15) is 4.79 Å². The predicted octanol–water partition coefficient (Wildman–Crippen LogP) is 0.407. The number of aromatic nitrogens is 7. The summed E-state index contributed by atoms with van der Waals surface area (Å²) in [5.74, 6) is 1.92. The summed E-state index contributed by atoms with van der Waals surface area (Å²) in [5, 5.41) is 14.3. The van der Waals surface area contributed by atoms with E-state index in [2.05, 4.69) is 35.8 Å². The third kappa shape index (κ3) is 4.41. The molecule has 0 fully saturated rings. The third-order valence-corrected chi connectivity index (χ3v) is 3.58. The van der Waals surface area contributed by atoms with Gasteiger partial charge in [0.25, 0.3) is 0 Å². The fourth-order valence-corrected chi connectivity index (χ4v) is 2.52. The smallest absolute Gasteiger partial charge is 0.241 e. The van der Waals surface area contributed by atoms with Crippen LogP contribution in [0.1, 0.15) is 17.2 Å². The average Bonchev–Trinajstić information content (AvgIpc) is 3.20. The minimum Gasteiger partial charge on any atom is -0.368 e. The van der Waals surface area contributed by atoms with Crippen molar-refractivity contribution in [2.75, 3.05) is 18.4 Å². The van der Waals surface area contributed by atoms with Gasteiger partial charge in [-0.15, -0.1) is 0 Å². The van der Waals surface area contributed by atoms with Gasteiger partial charge in [0.1, 0.15) is 30.8 Å². The Bertz CT molecular complexity index is 885. The van der Waals surface area contributed by atoms with Crippen LogP contribution in [0.2, 0.25) is 0 Å². The van der Waals surface area contributed by atoms with E-state index in [0.29, 0.717) is 30.5 Å². The predicted molar refractivity (Wildman–Crippen MR) is 94.9 cm³/mol. The van der Waals surface area contributed by atoms with E-state index >= 15 is 0 Å². The van der Waals surface area contributed by atoms with Gasteiger partial charge in [0, 0.05) is 24.8 Å². The number of carbonyl (C=O) groups excluding carboxylic acids is 1. The minimum atomic E-state index is -0.125. The van der Waals surface area contributed by atoms with Crippen molar-refractivity contribution in [3.63, 3.8) is 0 Å². The lowest BCUT2D eigenvalue weighted by Gasteiger charge is -2.10. The van der Waals surface area contributed by atoms with Crippen molar-refractivity contribution in [3.8, 4) is 5.82 Å². The molecule has 0 aliphatic heterocycles. The van der Waals surface area contributed by atoms with Crippen LogP contribution in [0, 0.1) is 20.8 Å². The monoisotopic (exact) mass is 355 g/mol. The Balaban J connectivity index is 1.55. The second-order valence-corrected chi connectivity index (χ2v) is 5.87. The molecule has 0 atom stereocenters. The number of hydrogen-bond donors (Lipinski definition) is 2. The normalized spacial score (nSPS) is 10.7. The van der Waals surface area contributed by atoms with E-state index in [1.165, 1.54) is 17.3 Å². The first-order chi connectivity index (χ1) is 12.5. The zero-order valence-corrected chi connectivity index (χ0v) is 15.0. The summed E-state index contributed by atoms with van der Waals surface area (Å²) in [4.78, 5) is 24.4. The fourth-order valence-electron chi connectivity index (χ4n) is 2.52. The van der Waals surface area contributed by atoms with Crippen molar-refractivity contribution >= 4 is 11.7 Å². The molecule has 0 saturated carbocycles. The molecular weight excluding hydrogens is 334 g/mol. The van der Waals surface area contributed by atoms with Gasteiger partial charge >= 0.3 is 0 Å². The molecule has 0 radical (unpaired) electrons. The second-order valence-electron chi connectivity index (χ2n) is 5.87. The lowest BCUT2D eigenvalue weighted by Crippen LogP contribution is -2.32. The molecule has 0 aliphatic rings. The molecule has 0 bridgehead atoms. The van der Waals surface area contributed by atoms with Gasteiger partial charge in [-0.05, 0) is 26.8 Å². The van der Waals surface area contributed by atoms with Gasteiger partial charge in [0.2, 0.25) is 5.91 Å². The van der Waals surface area contributed by atoms with E-state index in [4.69, 9.17) is 0 Å². The summed E-state index contributed by atoms with van der Waals surface area (Å²) in [5.41, 5.74) is 1.94. The summed E-state index contributed by atoms with van der Waals surface area (Å²) in [6, 6.07) is 3.83. The Morgan fingerprint density at radius 1 is 1.15 bits per heavy atom. The van der Waals surface area contributed by atoms with E-state index < -0.39 is 0 Å². The summed E-state index contributed by atoms with van der Waals surface area (Å²) in [6.45, 7) is 6.91. The molecule has 3 heterocycles. The largest absolute Gasteiger partial charge is 0.368 e. The fraction of sp³-hybridized carbons (Fsp3) is 0.375. The first kappa shape index (κ1) is 17.5. The van der Waals surface area contributed by atoms with Crippen LogP contribution in [0.5, 0.6) is 0 Å². The van der Waals surface area contributed by atoms with E-state index in [-0.39, 0.29) is 12.5 Å². The maximum absolute atomic E-state index is 11.8. The van der Waals surface area contributed by atoms with E-state index in [1.807, 2.05) is 32.9 Å². The molecule has 0 spiro atoms. The molecule has 0 aromatic carbocycles. The van der Waals surface area contributed by atoms with Crippen LogP contribution in [0.25, 0.3) is 5.82 Å². The average molecular weight is 355 g/mol. The number of hydrogen-bond acceptors (Lipinski definition) is 7. The van der Waals surface area contributed by atoms with Gasteiger partial charge in [-0.3, -0.25) is 4.79 Å². The van der Waals surface area contributed by atoms with Crippen LogP contribution in [0.15, 0.2) is 24.8 Å². The molecule has 0 saturated heterocycles. The second kappa shape index (κ2) is 7.72. The van der Waals surface area contributed by atoms with Crippen molar-refractivity contribution in [2.45, 2.75) is 27.3 Å². The van der Waals surface area contributed by atoms with Crippen LogP contribution in [-0.2, 0) is 11.3 Å². The lowest BCUT2D eigenvalue weighted by molar-refractivity contribution is -0.121.